The third kappa shape index (κ3) is 2.27. The van der Waals surface area contributed by atoms with Gasteiger partial charge in [-0.1, -0.05) is 6.92 Å². The Hall–Kier alpha value is -0.120. The third-order valence-corrected chi connectivity index (χ3v) is 3.27. The second-order valence-corrected chi connectivity index (χ2v) is 4.27. The molecule has 0 aromatic rings. The molecule has 2 saturated heterocycles. The van der Waals surface area contributed by atoms with Crippen molar-refractivity contribution in [2.45, 2.75) is 31.9 Å². The van der Waals surface area contributed by atoms with Crippen molar-refractivity contribution in [3.8, 4) is 0 Å². The molecule has 3 nitrogen and oxygen atoms in total. The fraction of sp³-hybridized carbons (Fsp3) is 0.909. The Morgan fingerprint density at radius 1 is 1.43 bits per heavy atom. The van der Waals surface area contributed by atoms with Crippen molar-refractivity contribution in [1.29, 1.82) is 0 Å². The number of rotatable bonds is 3. The number of nitrogens with zero attached hydrogens (tertiary/aromatic N) is 1. The SMILES string of the molecule is CC[CH-]CN1CCC2(CC1)NCCO2. The van der Waals surface area contributed by atoms with Crippen molar-refractivity contribution < 1.29 is 4.74 Å². The maximum absolute atomic E-state index is 5.79. The molecule has 2 heterocycles. The molecule has 82 valence electrons. The first-order chi connectivity index (χ1) is 6.85. The van der Waals surface area contributed by atoms with Crippen molar-refractivity contribution in [2.75, 3.05) is 32.8 Å². The Morgan fingerprint density at radius 2 is 2.21 bits per heavy atom. The molecule has 2 fully saturated rings. The van der Waals surface area contributed by atoms with Gasteiger partial charge in [0.05, 0.1) is 6.61 Å². The summed E-state index contributed by atoms with van der Waals surface area (Å²) in [7, 11) is 0. The van der Waals surface area contributed by atoms with Gasteiger partial charge in [-0.25, -0.2) is 0 Å². The Labute approximate surface area is 86.8 Å². The van der Waals surface area contributed by atoms with E-state index in [1.165, 1.54) is 19.5 Å². The van der Waals surface area contributed by atoms with Crippen LogP contribution >= 0.6 is 0 Å². The van der Waals surface area contributed by atoms with Crippen molar-refractivity contribution in [1.82, 2.24) is 10.2 Å². The predicted octanol–water partition coefficient (Wildman–Crippen LogP) is 1.01. The molecule has 0 saturated carbocycles. The molecular weight excluding hydrogens is 176 g/mol. The monoisotopic (exact) mass is 197 g/mol. The van der Waals surface area contributed by atoms with E-state index in [1.54, 1.807) is 0 Å². The van der Waals surface area contributed by atoms with Crippen molar-refractivity contribution in [2.24, 2.45) is 0 Å². The normalized spacial score (nSPS) is 27.2. The largest absolute Gasteiger partial charge is 0.359 e. The van der Waals surface area contributed by atoms with E-state index in [0.717, 1.165) is 32.5 Å². The van der Waals surface area contributed by atoms with E-state index >= 15 is 0 Å². The molecule has 0 aromatic heterocycles. The first-order valence-corrected chi connectivity index (χ1v) is 5.78. The van der Waals surface area contributed by atoms with E-state index in [2.05, 4.69) is 23.6 Å². The number of hydrogen-bond acceptors (Lipinski definition) is 3. The predicted molar refractivity (Wildman–Crippen MR) is 57.0 cm³/mol. The smallest absolute Gasteiger partial charge is 0.121 e. The second-order valence-electron chi connectivity index (χ2n) is 4.27. The lowest BCUT2D eigenvalue weighted by Gasteiger charge is -2.40. The van der Waals surface area contributed by atoms with Gasteiger partial charge in [0, 0.05) is 19.4 Å². The van der Waals surface area contributed by atoms with Crippen LogP contribution in [-0.4, -0.2) is 43.4 Å². The molecule has 14 heavy (non-hydrogen) atoms. The molecule has 0 radical (unpaired) electrons. The molecule has 2 rings (SSSR count). The van der Waals surface area contributed by atoms with Crippen LogP contribution in [0.1, 0.15) is 26.2 Å². The summed E-state index contributed by atoms with van der Waals surface area (Å²) in [5.74, 6) is 0. The minimum Gasteiger partial charge on any atom is -0.359 e. The molecule has 0 unspecified atom stereocenters. The van der Waals surface area contributed by atoms with E-state index in [9.17, 15) is 0 Å². The highest BCUT2D eigenvalue weighted by Gasteiger charge is 2.37. The van der Waals surface area contributed by atoms with E-state index in [0.29, 0.717) is 0 Å². The lowest BCUT2D eigenvalue weighted by Crippen LogP contribution is -2.51. The van der Waals surface area contributed by atoms with E-state index in [-0.39, 0.29) is 5.72 Å². The van der Waals surface area contributed by atoms with E-state index in [1.807, 2.05) is 0 Å². The quantitative estimate of drug-likeness (QED) is 0.683. The zero-order chi connectivity index (χ0) is 9.86. The summed E-state index contributed by atoms with van der Waals surface area (Å²) in [6.45, 7) is 7.61. The lowest BCUT2D eigenvalue weighted by atomic mass is 10.0. The van der Waals surface area contributed by atoms with Gasteiger partial charge in [0.2, 0.25) is 0 Å². The van der Waals surface area contributed by atoms with Crippen molar-refractivity contribution in [3.05, 3.63) is 6.42 Å². The maximum Gasteiger partial charge on any atom is 0.121 e. The average molecular weight is 197 g/mol. The molecule has 1 N–H and O–H groups in total. The molecule has 0 amide bonds. The van der Waals surface area contributed by atoms with Crippen LogP contribution in [0.25, 0.3) is 0 Å². The van der Waals surface area contributed by atoms with Gasteiger partial charge >= 0.3 is 0 Å². The first kappa shape index (κ1) is 10.4. The molecule has 1 spiro atoms. The molecule has 0 atom stereocenters. The van der Waals surface area contributed by atoms with E-state index < -0.39 is 0 Å². The van der Waals surface area contributed by atoms with Gasteiger partial charge in [-0.3, -0.25) is 5.32 Å². The van der Waals surface area contributed by atoms with Crippen LogP contribution in [0, 0.1) is 6.42 Å². The summed E-state index contributed by atoms with van der Waals surface area (Å²) in [6.07, 6.45) is 5.81. The lowest BCUT2D eigenvalue weighted by molar-refractivity contribution is -0.0551. The van der Waals surface area contributed by atoms with Crippen LogP contribution in [0.3, 0.4) is 0 Å². The number of unbranched alkanes of at least 4 members (excludes halogenated alkanes) is 1. The molecule has 3 heteroatoms. The number of piperidine rings is 1. The topological polar surface area (TPSA) is 24.5 Å². The molecular formula is C11H21N2O-. The van der Waals surface area contributed by atoms with Gasteiger partial charge in [-0.05, 0) is 13.1 Å². The molecule has 2 aliphatic heterocycles. The summed E-state index contributed by atoms with van der Waals surface area (Å²) < 4.78 is 5.79. The zero-order valence-corrected chi connectivity index (χ0v) is 9.09. The highest BCUT2D eigenvalue weighted by molar-refractivity contribution is 4.89. The first-order valence-electron chi connectivity index (χ1n) is 5.78. The van der Waals surface area contributed by atoms with Gasteiger partial charge in [0.1, 0.15) is 5.72 Å². The Bertz CT molecular complexity index is 168. The van der Waals surface area contributed by atoms with Crippen LogP contribution in [0.4, 0.5) is 0 Å². The fourth-order valence-electron chi connectivity index (χ4n) is 2.31. The van der Waals surface area contributed by atoms with Gasteiger partial charge < -0.3 is 16.1 Å². The molecule has 0 aromatic carbocycles. The van der Waals surface area contributed by atoms with Gasteiger partial charge in [-0.2, -0.15) is 6.42 Å². The Morgan fingerprint density at radius 3 is 2.79 bits per heavy atom. The number of hydrogen-bond donors (Lipinski definition) is 1. The van der Waals surface area contributed by atoms with Crippen LogP contribution in [-0.2, 0) is 4.74 Å². The van der Waals surface area contributed by atoms with Crippen LogP contribution < -0.4 is 5.32 Å². The summed E-state index contributed by atoms with van der Waals surface area (Å²) in [5.41, 5.74) is 0.0444. The summed E-state index contributed by atoms with van der Waals surface area (Å²) in [4.78, 5) is 2.51. The summed E-state index contributed by atoms with van der Waals surface area (Å²) >= 11 is 0. The van der Waals surface area contributed by atoms with E-state index in [4.69, 9.17) is 4.74 Å². The standard InChI is InChI=1S/C11H21N2O/c1-2-3-7-13-8-4-11(5-9-13)12-6-10-14-11/h3,12H,2,4-10H2,1H3/q-1. The zero-order valence-electron chi connectivity index (χ0n) is 9.09. The second kappa shape index (κ2) is 4.60. The molecule has 0 bridgehead atoms. The highest BCUT2D eigenvalue weighted by atomic mass is 16.5. The van der Waals surface area contributed by atoms with Crippen molar-refractivity contribution >= 4 is 0 Å². The number of ether oxygens (including phenoxy) is 1. The Kier molecular flexibility index (Phi) is 3.42. The number of likely N-dealkylation sites (tertiary alicyclic amines) is 1. The molecule has 0 aliphatic carbocycles. The van der Waals surface area contributed by atoms with Gasteiger partial charge in [0.15, 0.2) is 0 Å². The third-order valence-electron chi connectivity index (χ3n) is 3.27. The Balaban J connectivity index is 1.74. The van der Waals surface area contributed by atoms with Crippen molar-refractivity contribution in [3.63, 3.8) is 0 Å². The van der Waals surface area contributed by atoms with Gasteiger partial charge in [0.25, 0.3) is 0 Å². The van der Waals surface area contributed by atoms with Gasteiger partial charge in [-0.15, -0.1) is 6.54 Å². The highest BCUT2D eigenvalue weighted by Crippen LogP contribution is 2.26. The minimum atomic E-state index is 0.0444. The van der Waals surface area contributed by atoms with Crippen LogP contribution in [0.5, 0.6) is 0 Å². The summed E-state index contributed by atoms with van der Waals surface area (Å²) in [5, 5.41) is 3.49. The minimum absolute atomic E-state index is 0.0444. The van der Waals surface area contributed by atoms with Crippen LogP contribution in [0.15, 0.2) is 0 Å². The molecule has 2 aliphatic rings. The van der Waals surface area contributed by atoms with Crippen LogP contribution in [0.2, 0.25) is 0 Å². The summed E-state index contributed by atoms with van der Waals surface area (Å²) in [6, 6.07) is 0. The maximum atomic E-state index is 5.79. The fourth-order valence-corrected chi connectivity index (χ4v) is 2.31. The number of nitrogens with one attached hydrogen (secondary N) is 1. The average Bonchev–Trinajstić information content (AvgIpc) is 2.66.